The van der Waals surface area contributed by atoms with Crippen LogP contribution in [0.2, 0.25) is 5.02 Å². The van der Waals surface area contributed by atoms with Gasteiger partial charge >= 0.3 is 5.91 Å². The maximum absolute atomic E-state index is 13.5. The van der Waals surface area contributed by atoms with E-state index in [0.717, 1.165) is 18.4 Å². The number of thioether (sulfide) groups is 1. The van der Waals surface area contributed by atoms with Gasteiger partial charge in [-0.2, -0.15) is 0 Å². The molecule has 8 nitrogen and oxygen atoms in total. The van der Waals surface area contributed by atoms with Gasteiger partial charge in [0.1, 0.15) is 17.3 Å². The predicted octanol–water partition coefficient (Wildman–Crippen LogP) is 7.30. The number of amides is 1. The fraction of sp³-hybridized carbons (Fsp3) is 0.226. The first-order valence-electron chi connectivity index (χ1n) is 13.3. The van der Waals surface area contributed by atoms with Crippen molar-refractivity contribution in [3.63, 3.8) is 0 Å². The number of aliphatic hydroxyl groups is 1. The number of benzene rings is 3. The van der Waals surface area contributed by atoms with E-state index < -0.39 is 17.7 Å². The summed E-state index contributed by atoms with van der Waals surface area (Å²) in [6.07, 6.45) is 1.94. The SMILES string of the molecule is CCCCOc1ccc(C(O)=C2C(=O)C(=O)N(c3nnc(SCc4ccccc4Cl)s3)[C@@H]2c2ccc(OC)cc2)cc1. The van der Waals surface area contributed by atoms with Crippen molar-refractivity contribution in [2.24, 2.45) is 0 Å². The first-order chi connectivity index (χ1) is 20.4. The number of ketones is 1. The Morgan fingerprint density at radius 3 is 2.43 bits per heavy atom. The Morgan fingerprint density at radius 2 is 1.74 bits per heavy atom. The van der Waals surface area contributed by atoms with E-state index >= 15 is 0 Å². The lowest BCUT2D eigenvalue weighted by Crippen LogP contribution is -2.29. The number of hydrogen-bond acceptors (Lipinski definition) is 9. The quantitative estimate of drug-likeness (QED) is 0.0465. The van der Waals surface area contributed by atoms with Gasteiger partial charge in [-0.25, -0.2) is 0 Å². The molecule has 5 rings (SSSR count). The summed E-state index contributed by atoms with van der Waals surface area (Å²) in [7, 11) is 1.56. The minimum atomic E-state index is -0.925. The Bertz CT molecular complexity index is 1610. The third-order valence-corrected chi connectivity index (χ3v) is 9.15. The van der Waals surface area contributed by atoms with Gasteiger partial charge in [-0.05, 0) is 60.0 Å². The van der Waals surface area contributed by atoms with E-state index in [1.807, 2.05) is 24.3 Å². The van der Waals surface area contributed by atoms with Crippen LogP contribution >= 0.6 is 34.7 Å². The number of unbranched alkanes of at least 4 members (excludes halogenated alkanes) is 1. The molecular formula is C31H28ClN3O5S2. The molecule has 1 aromatic heterocycles. The van der Waals surface area contributed by atoms with Crippen LogP contribution in [0.15, 0.2) is 82.7 Å². The Morgan fingerprint density at radius 1 is 1.02 bits per heavy atom. The Labute approximate surface area is 257 Å². The van der Waals surface area contributed by atoms with Crippen molar-refractivity contribution in [2.45, 2.75) is 35.9 Å². The van der Waals surface area contributed by atoms with E-state index in [0.29, 0.717) is 44.3 Å². The molecule has 1 aliphatic rings. The van der Waals surface area contributed by atoms with Gasteiger partial charge in [0.2, 0.25) is 5.13 Å². The highest BCUT2D eigenvalue weighted by Gasteiger charge is 2.48. The van der Waals surface area contributed by atoms with Gasteiger partial charge in [-0.15, -0.1) is 10.2 Å². The number of halogens is 1. The van der Waals surface area contributed by atoms with Crippen molar-refractivity contribution < 1.29 is 24.2 Å². The summed E-state index contributed by atoms with van der Waals surface area (Å²) in [4.78, 5) is 28.3. The topological polar surface area (TPSA) is 102 Å². The van der Waals surface area contributed by atoms with Crippen LogP contribution in [0.3, 0.4) is 0 Å². The van der Waals surface area contributed by atoms with Gasteiger partial charge < -0.3 is 14.6 Å². The Balaban J connectivity index is 1.49. The Kier molecular flexibility index (Phi) is 9.46. The molecule has 216 valence electrons. The molecular weight excluding hydrogens is 594 g/mol. The van der Waals surface area contributed by atoms with Crippen LogP contribution in [0.25, 0.3) is 5.76 Å². The maximum Gasteiger partial charge on any atom is 0.301 e. The van der Waals surface area contributed by atoms with Gasteiger partial charge in [0.15, 0.2) is 4.34 Å². The van der Waals surface area contributed by atoms with Gasteiger partial charge in [0.05, 0.1) is 25.3 Å². The van der Waals surface area contributed by atoms with Gasteiger partial charge in [-0.1, -0.05) is 78.4 Å². The lowest BCUT2D eigenvalue weighted by molar-refractivity contribution is -0.132. The molecule has 1 atom stereocenters. The van der Waals surface area contributed by atoms with Gasteiger partial charge in [0, 0.05) is 16.3 Å². The number of aliphatic hydroxyl groups excluding tert-OH is 1. The standard InChI is InChI=1S/C31H28ClN3O5S2/c1-3-4-17-40-23-15-11-20(12-16-23)27(36)25-26(19-9-13-22(39-2)14-10-19)35(29(38)28(25)37)30-33-34-31(42-30)41-18-21-7-5-6-8-24(21)32/h5-16,26,36H,3-4,17-18H2,1-2H3/t26-/m1/s1. The number of carbonyl (C=O) groups excluding carboxylic acids is 2. The van der Waals surface area contributed by atoms with Crippen molar-refractivity contribution in [3.05, 3.63) is 100 Å². The minimum absolute atomic E-state index is 0.0368. The molecule has 1 aliphatic heterocycles. The number of aromatic nitrogens is 2. The molecule has 11 heteroatoms. The number of methoxy groups -OCH3 is 1. The molecule has 0 saturated carbocycles. The molecule has 1 amide bonds. The highest BCUT2D eigenvalue weighted by atomic mass is 35.5. The van der Waals surface area contributed by atoms with E-state index in [1.165, 1.54) is 28.0 Å². The van der Waals surface area contributed by atoms with Crippen LogP contribution in [-0.4, -0.2) is 40.7 Å². The summed E-state index contributed by atoms with van der Waals surface area (Å²) >= 11 is 8.92. The van der Waals surface area contributed by atoms with Crippen molar-refractivity contribution >= 4 is 57.3 Å². The number of rotatable bonds is 11. The minimum Gasteiger partial charge on any atom is -0.507 e. The molecule has 0 bridgehead atoms. The summed E-state index contributed by atoms with van der Waals surface area (Å²) in [6, 6.07) is 20.4. The van der Waals surface area contributed by atoms with Gasteiger partial charge in [-0.3, -0.25) is 14.5 Å². The number of nitrogens with zero attached hydrogens (tertiary/aromatic N) is 3. The van der Waals surface area contributed by atoms with E-state index in [2.05, 4.69) is 17.1 Å². The van der Waals surface area contributed by atoms with E-state index in [-0.39, 0.29) is 16.5 Å². The molecule has 0 radical (unpaired) electrons. The van der Waals surface area contributed by atoms with Crippen LogP contribution in [0.1, 0.15) is 42.5 Å². The molecule has 1 N–H and O–H groups in total. The van der Waals surface area contributed by atoms with Crippen molar-refractivity contribution in [1.29, 1.82) is 0 Å². The second-order valence-corrected chi connectivity index (χ2v) is 12.0. The maximum atomic E-state index is 13.5. The first-order valence-corrected chi connectivity index (χ1v) is 15.5. The van der Waals surface area contributed by atoms with E-state index in [9.17, 15) is 14.7 Å². The van der Waals surface area contributed by atoms with Crippen LogP contribution in [-0.2, 0) is 15.3 Å². The summed E-state index contributed by atoms with van der Waals surface area (Å²) in [5, 5.41) is 20.8. The van der Waals surface area contributed by atoms with E-state index in [1.54, 1.807) is 55.6 Å². The first kappa shape index (κ1) is 29.6. The summed E-state index contributed by atoms with van der Waals surface area (Å²) < 4.78 is 11.6. The van der Waals surface area contributed by atoms with E-state index in [4.69, 9.17) is 21.1 Å². The third-order valence-electron chi connectivity index (χ3n) is 6.68. The number of carbonyl (C=O) groups is 2. The zero-order valence-corrected chi connectivity index (χ0v) is 25.3. The highest BCUT2D eigenvalue weighted by molar-refractivity contribution is 8.00. The van der Waals surface area contributed by atoms with Crippen LogP contribution in [0.5, 0.6) is 11.5 Å². The average molecular weight is 622 g/mol. The van der Waals surface area contributed by atoms with Crippen molar-refractivity contribution in [3.8, 4) is 11.5 Å². The molecule has 3 aromatic carbocycles. The molecule has 4 aromatic rings. The highest BCUT2D eigenvalue weighted by Crippen LogP contribution is 2.44. The fourth-order valence-electron chi connectivity index (χ4n) is 4.44. The summed E-state index contributed by atoms with van der Waals surface area (Å²) in [5.74, 6) is -0.0542. The number of hydrogen-bond donors (Lipinski definition) is 1. The summed E-state index contributed by atoms with van der Waals surface area (Å²) in [6.45, 7) is 2.67. The summed E-state index contributed by atoms with van der Waals surface area (Å²) in [5.41, 5.74) is 1.91. The smallest absolute Gasteiger partial charge is 0.301 e. The Hall–Kier alpha value is -3.86. The molecule has 0 aliphatic carbocycles. The fourth-order valence-corrected chi connectivity index (χ4v) is 6.60. The zero-order chi connectivity index (χ0) is 29.6. The largest absolute Gasteiger partial charge is 0.507 e. The van der Waals surface area contributed by atoms with Crippen LogP contribution < -0.4 is 14.4 Å². The van der Waals surface area contributed by atoms with Crippen molar-refractivity contribution in [2.75, 3.05) is 18.6 Å². The van der Waals surface area contributed by atoms with Crippen LogP contribution in [0, 0.1) is 0 Å². The third kappa shape index (κ3) is 6.30. The molecule has 42 heavy (non-hydrogen) atoms. The second-order valence-electron chi connectivity index (χ2n) is 9.40. The zero-order valence-electron chi connectivity index (χ0n) is 23.0. The molecule has 1 fully saturated rings. The number of Topliss-reactive ketones (excluding diaryl/α,β-unsaturated/α-hetero) is 1. The number of anilines is 1. The molecule has 0 unspecified atom stereocenters. The van der Waals surface area contributed by atoms with Gasteiger partial charge in [0.25, 0.3) is 5.78 Å². The lowest BCUT2D eigenvalue weighted by Gasteiger charge is -2.22. The molecule has 0 spiro atoms. The predicted molar refractivity (Wildman–Crippen MR) is 166 cm³/mol. The second kappa shape index (κ2) is 13.4. The normalized spacial score (nSPS) is 16.2. The lowest BCUT2D eigenvalue weighted by atomic mass is 9.95. The monoisotopic (exact) mass is 621 g/mol. The van der Waals surface area contributed by atoms with Crippen molar-refractivity contribution in [1.82, 2.24) is 10.2 Å². The molecule has 2 heterocycles. The van der Waals surface area contributed by atoms with Crippen LogP contribution in [0.4, 0.5) is 5.13 Å². The molecule has 1 saturated heterocycles. The number of ether oxygens (including phenoxy) is 2. The average Bonchev–Trinajstić information content (AvgIpc) is 3.58.